The number of phenolic OH excluding ortho intramolecular Hbond substituents is 1. The number of ether oxygens (including phenoxy) is 2. The van der Waals surface area contributed by atoms with Gasteiger partial charge in [-0.25, -0.2) is 4.39 Å². The number of terminal acetylenes is 1. The van der Waals surface area contributed by atoms with Gasteiger partial charge in [0.15, 0.2) is 0 Å². The monoisotopic (exact) mass is 632 g/mol. The van der Waals surface area contributed by atoms with E-state index in [0.29, 0.717) is 41.5 Å². The van der Waals surface area contributed by atoms with Gasteiger partial charge in [0.2, 0.25) is 5.91 Å². The second-order valence-corrected chi connectivity index (χ2v) is 11.2. The fourth-order valence-corrected chi connectivity index (χ4v) is 5.18. The largest absolute Gasteiger partial charge is 0.506 e. The third-order valence-electron chi connectivity index (χ3n) is 7.78. The van der Waals surface area contributed by atoms with Crippen molar-refractivity contribution in [1.29, 1.82) is 0 Å². The van der Waals surface area contributed by atoms with Crippen LogP contribution >= 0.6 is 0 Å². The van der Waals surface area contributed by atoms with Gasteiger partial charge in [-0.05, 0) is 61.6 Å². The molecule has 1 amide bonds. The number of nitrogens with one attached hydrogen (secondary N) is 1. The first-order valence-electron chi connectivity index (χ1n) is 15.0. The molecule has 4 rings (SSSR count). The van der Waals surface area contributed by atoms with E-state index in [2.05, 4.69) is 32.0 Å². The smallest absolute Gasteiger partial charge is 0.232 e. The van der Waals surface area contributed by atoms with Gasteiger partial charge in [-0.1, -0.05) is 57.4 Å². The number of amides is 1. The number of allylic oxidation sites excluding steroid dienone is 1. The average molecular weight is 633 g/mol. The Morgan fingerprint density at radius 2 is 1.78 bits per heavy atom. The normalized spacial score (nSPS) is 13.8. The number of rotatable bonds is 10. The number of halogens is 1. The zero-order valence-corrected chi connectivity index (χ0v) is 27.5. The van der Waals surface area contributed by atoms with Crippen molar-refractivity contribution >= 4 is 24.1 Å². The van der Waals surface area contributed by atoms with E-state index >= 15 is 4.39 Å². The van der Waals surface area contributed by atoms with Gasteiger partial charge < -0.3 is 29.8 Å². The molecular formula is C37H45FN2O6. The van der Waals surface area contributed by atoms with Crippen molar-refractivity contribution in [3.8, 4) is 29.6 Å². The maximum atomic E-state index is 16.0. The highest BCUT2D eigenvalue weighted by Gasteiger charge is 2.37. The van der Waals surface area contributed by atoms with Crippen LogP contribution in [0.4, 0.5) is 15.8 Å². The number of aliphatic hydroxyl groups is 1. The number of aromatic hydroxyl groups is 1. The van der Waals surface area contributed by atoms with Crippen LogP contribution in [0.5, 0.6) is 17.2 Å². The van der Waals surface area contributed by atoms with Crippen molar-refractivity contribution in [2.45, 2.75) is 59.9 Å². The van der Waals surface area contributed by atoms with Crippen molar-refractivity contribution in [3.05, 3.63) is 88.9 Å². The minimum atomic E-state index is -0.809. The van der Waals surface area contributed by atoms with Gasteiger partial charge in [0, 0.05) is 30.0 Å². The van der Waals surface area contributed by atoms with E-state index in [1.54, 1.807) is 35.2 Å². The molecule has 0 saturated heterocycles. The Hall–Kier alpha value is -4.81. The first-order valence-corrected chi connectivity index (χ1v) is 15.0. The third-order valence-corrected chi connectivity index (χ3v) is 7.78. The minimum absolute atomic E-state index is 0.00113. The van der Waals surface area contributed by atoms with Crippen LogP contribution in [0.1, 0.15) is 64.6 Å². The number of carbonyl (C=O) groups excluding carboxylic acids is 2. The predicted molar refractivity (Wildman–Crippen MR) is 181 cm³/mol. The van der Waals surface area contributed by atoms with Crippen LogP contribution < -0.4 is 19.7 Å². The van der Waals surface area contributed by atoms with Gasteiger partial charge in [-0.15, -0.1) is 6.42 Å². The Balaban J connectivity index is 0.00000177. The van der Waals surface area contributed by atoms with Crippen LogP contribution in [0.2, 0.25) is 0 Å². The van der Waals surface area contributed by atoms with Gasteiger partial charge in [-0.2, -0.15) is 0 Å². The lowest BCUT2D eigenvalue weighted by Crippen LogP contribution is -2.37. The highest BCUT2D eigenvalue weighted by Crippen LogP contribution is 2.48. The van der Waals surface area contributed by atoms with Gasteiger partial charge in [0.05, 0.1) is 24.8 Å². The lowest BCUT2D eigenvalue weighted by atomic mass is 9.83. The van der Waals surface area contributed by atoms with Crippen molar-refractivity contribution in [2.75, 3.05) is 30.5 Å². The third kappa shape index (κ3) is 8.89. The molecule has 246 valence electrons. The summed E-state index contributed by atoms with van der Waals surface area (Å²) in [4.78, 5) is 24.0. The summed E-state index contributed by atoms with van der Waals surface area (Å²) in [6, 6.07) is 16.2. The van der Waals surface area contributed by atoms with E-state index in [1.807, 2.05) is 44.9 Å². The van der Waals surface area contributed by atoms with Gasteiger partial charge >= 0.3 is 0 Å². The molecule has 9 heteroatoms. The highest BCUT2D eigenvalue weighted by molar-refractivity contribution is 6.01. The number of para-hydroxylation sites is 2. The molecule has 3 N–H and O–H groups in total. The molecule has 1 atom stereocenters. The summed E-state index contributed by atoms with van der Waals surface area (Å²) >= 11 is 0. The molecule has 0 fully saturated rings. The number of hydrogen-bond donors (Lipinski definition) is 3. The fraction of sp³-hybridized carbons (Fsp3) is 0.351. The molecule has 0 aliphatic carbocycles. The molecule has 0 saturated carbocycles. The number of nitrogens with zero attached hydrogens (tertiary/aromatic N) is 1. The molecule has 0 radical (unpaired) electrons. The fourth-order valence-electron chi connectivity index (χ4n) is 5.18. The molecule has 0 spiro atoms. The topological polar surface area (TPSA) is 108 Å². The Morgan fingerprint density at radius 3 is 2.41 bits per heavy atom. The van der Waals surface area contributed by atoms with Crippen LogP contribution in [-0.2, 0) is 16.0 Å². The first-order chi connectivity index (χ1) is 22.1. The van der Waals surface area contributed by atoms with Gasteiger partial charge in [0.25, 0.3) is 0 Å². The van der Waals surface area contributed by atoms with E-state index in [9.17, 15) is 9.90 Å². The van der Waals surface area contributed by atoms with Crippen molar-refractivity contribution in [2.24, 2.45) is 5.41 Å². The standard InChI is InChI=1S/C35H39FN2O4.CH4O.CH2O/c1-7-19-42-25-17-18-26(27(36)21-25)34-23(4)28(22-35(5,6)8-2)37-33-29(14-12-15-30(33)39)38(34)32(40)20-24-13-10-11-16-31(24)41-9-3;2*1-2/h1,10-18,21,34,37,39H,8-9,19-20,22H2,2-6H3;2H,1H3;1H2. The molecule has 8 nitrogen and oxygen atoms in total. The average Bonchev–Trinajstić information content (AvgIpc) is 3.17. The SMILES string of the molecule is C#CCOc1ccc(C2C(C)=C(CC(C)(C)CC)Nc3c(O)cccc3N2C(=O)Cc2ccccc2OCC)c(F)c1.C=O.CO. The second kappa shape index (κ2) is 17.6. The quantitative estimate of drug-likeness (QED) is 0.160. The first kappa shape index (κ1) is 37.4. The summed E-state index contributed by atoms with van der Waals surface area (Å²) in [5.41, 5.74) is 3.38. The lowest BCUT2D eigenvalue weighted by Gasteiger charge is -2.33. The lowest BCUT2D eigenvalue weighted by molar-refractivity contribution is -0.118. The molecule has 46 heavy (non-hydrogen) atoms. The Labute approximate surface area is 271 Å². The highest BCUT2D eigenvalue weighted by atomic mass is 19.1. The van der Waals surface area contributed by atoms with E-state index in [0.717, 1.165) is 30.4 Å². The summed E-state index contributed by atoms with van der Waals surface area (Å²) in [6.45, 7) is 12.7. The number of benzene rings is 3. The zero-order valence-electron chi connectivity index (χ0n) is 27.5. The van der Waals surface area contributed by atoms with E-state index in [1.165, 1.54) is 6.07 Å². The Morgan fingerprint density at radius 1 is 1.09 bits per heavy atom. The van der Waals surface area contributed by atoms with Crippen molar-refractivity contribution < 1.29 is 33.7 Å². The Bertz CT molecular complexity index is 1550. The molecule has 1 aliphatic heterocycles. The van der Waals surface area contributed by atoms with Crippen molar-refractivity contribution in [1.82, 2.24) is 0 Å². The van der Waals surface area contributed by atoms with E-state index in [-0.39, 0.29) is 30.1 Å². The summed E-state index contributed by atoms with van der Waals surface area (Å²) in [7, 11) is 1.00. The summed E-state index contributed by atoms with van der Waals surface area (Å²) in [5, 5.41) is 21.5. The number of fused-ring (bicyclic) bond motifs is 1. The van der Waals surface area contributed by atoms with Crippen molar-refractivity contribution in [3.63, 3.8) is 0 Å². The summed E-state index contributed by atoms with van der Waals surface area (Å²) in [5.74, 6) is 2.51. The summed E-state index contributed by atoms with van der Waals surface area (Å²) < 4.78 is 27.3. The second-order valence-electron chi connectivity index (χ2n) is 11.2. The minimum Gasteiger partial charge on any atom is -0.506 e. The van der Waals surface area contributed by atoms with Gasteiger partial charge in [-0.3, -0.25) is 9.69 Å². The molecule has 3 aromatic rings. The number of anilines is 2. The molecule has 0 bridgehead atoms. The Kier molecular flexibility index (Phi) is 14.3. The van der Waals surface area contributed by atoms with Crippen LogP contribution in [-0.4, -0.2) is 43.2 Å². The number of phenols is 1. The van der Waals surface area contributed by atoms with Crippen LogP contribution in [0.3, 0.4) is 0 Å². The molecule has 0 aromatic heterocycles. The zero-order chi connectivity index (χ0) is 34.4. The maximum Gasteiger partial charge on any atom is 0.232 e. The van der Waals surface area contributed by atoms with Crippen LogP contribution in [0.25, 0.3) is 0 Å². The number of hydrogen-bond acceptors (Lipinski definition) is 7. The molecule has 1 unspecified atom stereocenters. The molecular weight excluding hydrogens is 587 g/mol. The van der Waals surface area contributed by atoms with E-state index < -0.39 is 11.9 Å². The summed E-state index contributed by atoms with van der Waals surface area (Å²) in [6.07, 6.45) is 6.85. The van der Waals surface area contributed by atoms with Gasteiger partial charge in [0.1, 0.15) is 42.1 Å². The molecule has 1 heterocycles. The number of aliphatic hydroxyl groups excluding tert-OH is 1. The van der Waals surface area contributed by atoms with E-state index in [4.69, 9.17) is 25.8 Å². The number of carbonyl (C=O) groups is 2. The molecule has 3 aromatic carbocycles. The maximum absolute atomic E-state index is 16.0. The van der Waals surface area contributed by atoms with Crippen LogP contribution in [0, 0.1) is 23.6 Å². The van der Waals surface area contributed by atoms with Crippen LogP contribution in [0.15, 0.2) is 71.9 Å². The predicted octanol–water partition coefficient (Wildman–Crippen LogP) is 7.21. The molecule has 1 aliphatic rings.